The molecule has 0 bridgehead atoms. The normalized spacial score (nSPS) is 15.9. The number of aryl methyl sites for hydroxylation is 1. The first-order chi connectivity index (χ1) is 10.4. The topological polar surface area (TPSA) is 47.7 Å². The van der Waals surface area contributed by atoms with Gasteiger partial charge in [0.2, 0.25) is 0 Å². The summed E-state index contributed by atoms with van der Waals surface area (Å²) in [4.78, 5) is 0. The minimum absolute atomic E-state index is 0.629. The molecule has 114 valence electrons. The van der Waals surface area contributed by atoms with Crippen molar-refractivity contribution in [2.75, 3.05) is 0 Å². The molecule has 1 fully saturated rings. The van der Waals surface area contributed by atoms with Crippen molar-refractivity contribution in [3.05, 3.63) is 35.9 Å². The van der Waals surface area contributed by atoms with Crippen LogP contribution in [0.2, 0.25) is 0 Å². The first-order valence-corrected chi connectivity index (χ1v) is 8.11. The van der Waals surface area contributed by atoms with Crippen LogP contribution in [0.25, 0.3) is 0 Å². The van der Waals surface area contributed by atoms with Gasteiger partial charge in [0, 0.05) is 37.6 Å². The molecule has 0 unspecified atom stereocenters. The number of hydrogen-bond acceptors (Lipinski definition) is 3. The Balaban J connectivity index is 1.50. The molecule has 0 amide bonds. The van der Waals surface area contributed by atoms with Crippen LogP contribution in [0.1, 0.15) is 56.3 Å². The Bertz CT molecular complexity index is 551. The lowest BCUT2D eigenvalue weighted by Gasteiger charge is -2.09. The maximum Gasteiger partial charge on any atom is 0.0534 e. The van der Waals surface area contributed by atoms with Gasteiger partial charge in [0.15, 0.2) is 0 Å². The lowest BCUT2D eigenvalue weighted by molar-refractivity contribution is 0.466. The smallest absolute Gasteiger partial charge is 0.0534 e. The average molecular weight is 287 g/mol. The van der Waals surface area contributed by atoms with Crippen LogP contribution in [0.4, 0.5) is 0 Å². The van der Waals surface area contributed by atoms with Crippen LogP contribution in [-0.4, -0.2) is 19.6 Å². The summed E-state index contributed by atoms with van der Waals surface area (Å²) in [6, 6.07) is 2.72. The van der Waals surface area contributed by atoms with Crippen LogP contribution in [0.15, 0.2) is 24.7 Å². The Morgan fingerprint density at radius 2 is 2.10 bits per heavy atom. The van der Waals surface area contributed by atoms with Gasteiger partial charge in [0.25, 0.3) is 0 Å². The van der Waals surface area contributed by atoms with Crippen LogP contribution < -0.4 is 5.32 Å². The number of rotatable bonds is 7. The molecule has 3 rings (SSSR count). The molecule has 0 atom stereocenters. The Kier molecular flexibility index (Phi) is 4.70. The summed E-state index contributed by atoms with van der Waals surface area (Å²) in [5.74, 6) is 0. The molecule has 0 aliphatic heterocycles. The second-order valence-electron chi connectivity index (χ2n) is 5.92. The van der Waals surface area contributed by atoms with E-state index < -0.39 is 0 Å². The summed E-state index contributed by atoms with van der Waals surface area (Å²) >= 11 is 0. The van der Waals surface area contributed by atoms with Gasteiger partial charge in [-0.2, -0.15) is 10.2 Å². The van der Waals surface area contributed by atoms with Crippen LogP contribution in [0.5, 0.6) is 0 Å². The van der Waals surface area contributed by atoms with Crippen molar-refractivity contribution in [3.8, 4) is 0 Å². The summed E-state index contributed by atoms with van der Waals surface area (Å²) in [6.07, 6.45) is 12.4. The molecule has 2 heterocycles. The van der Waals surface area contributed by atoms with Crippen molar-refractivity contribution in [1.82, 2.24) is 24.9 Å². The fourth-order valence-electron chi connectivity index (χ4n) is 3.10. The minimum Gasteiger partial charge on any atom is -0.307 e. The average Bonchev–Trinajstić information content (AvgIpc) is 3.19. The summed E-state index contributed by atoms with van der Waals surface area (Å²) in [7, 11) is 0. The highest BCUT2D eigenvalue weighted by molar-refractivity contribution is 5.06. The third-order valence-electron chi connectivity index (χ3n) is 4.23. The SMILES string of the molecule is CCCn1nccc1CNCc1cnn(C2CCCC2)c1. The monoisotopic (exact) mass is 287 g/mol. The van der Waals surface area contributed by atoms with Gasteiger partial charge < -0.3 is 5.32 Å². The van der Waals surface area contributed by atoms with Crippen LogP contribution in [-0.2, 0) is 19.6 Å². The van der Waals surface area contributed by atoms with E-state index in [1.807, 2.05) is 12.4 Å². The zero-order valence-corrected chi connectivity index (χ0v) is 12.8. The van der Waals surface area contributed by atoms with Gasteiger partial charge in [-0.25, -0.2) is 0 Å². The van der Waals surface area contributed by atoms with Crippen molar-refractivity contribution in [1.29, 1.82) is 0 Å². The lowest BCUT2D eigenvalue weighted by atomic mass is 10.2. The predicted molar refractivity (Wildman–Crippen MR) is 82.8 cm³/mol. The van der Waals surface area contributed by atoms with Gasteiger partial charge in [0.05, 0.1) is 17.9 Å². The third-order valence-corrected chi connectivity index (χ3v) is 4.23. The Morgan fingerprint density at radius 3 is 2.90 bits per heavy atom. The van der Waals surface area contributed by atoms with Crippen LogP contribution in [0, 0.1) is 0 Å². The number of nitrogens with one attached hydrogen (secondary N) is 1. The number of nitrogens with zero attached hydrogens (tertiary/aromatic N) is 4. The molecular formula is C16H25N5. The Hall–Kier alpha value is -1.62. The van der Waals surface area contributed by atoms with Crippen LogP contribution in [0.3, 0.4) is 0 Å². The van der Waals surface area contributed by atoms with Crippen molar-refractivity contribution >= 4 is 0 Å². The standard InChI is InChI=1S/C16H25N5/c1-2-9-20-16(7-8-18-20)12-17-10-14-11-19-21(13-14)15-5-3-4-6-15/h7-8,11,13,15,17H,2-6,9-10,12H2,1H3. The van der Waals surface area contributed by atoms with Gasteiger partial charge in [-0.15, -0.1) is 0 Å². The Labute approximate surface area is 126 Å². The molecule has 5 nitrogen and oxygen atoms in total. The van der Waals surface area contributed by atoms with Crippen LogP contribution >= 0.6 is 0 Å². The van der Waals surface area contributed by atoms with Crippen molar-refractivity contribution in [2.24, 2.45) is 0 Å². The molecule has 1 N–H and O–H groups in total. The highest BCUT2D eigenvalue weighted by Crippen LogP contribution is 2.28. The quantitative estimate of drug-likeness (QED) is 0.852. The van der Waals surface area contributed by atoms with Gasteiger partial charge in [0.1, 0.15) is 0 Å². The van der Waals surface area contributed by atoms with Gasteiger partial charge in [-0.1, -0.05) is 19.8 Å². The fourth-order valence-corrected chi connectivity index (χ4v) is 3.10. The van der Waals surface area contributed by atoms with E-state index in [2.05, 4.69) is 44.1 Å². The lowest BCUT2D eigenvalue weighted by Crippen LogP contribution is -2.16. The molecule has 1 saturated carbocycles. The van der Waals surface area contributed by atoms with Gasteiger partial charge >= 0.3 is 0 Å². The maximum atomic E-state index is 4.52. The molecule has 0 radical (unpaired) electrons. The largest absolute Gasteiger partial charge is 0.307 e. The van der Waals surface area contributed by atoms with E-state index in [0.29, 0.717) is 6.04 Å². The molecule has 2 aromatic heterocycles. The first kappa shape index (κ1) is 14.3. The fraction of sp³-hybridized carbons (Fsp3) is 0.625. The molecule has 0 saturated heterocycles. The summed E-state index contributed by atoms with van der Waals surface area (Å²) < 4.78 is 4.24. The molecule has 5 heteroatoms. The summed E-state index contributed by atoms with van der Waals surface area (Å²) in [5, 5.41) is 12.4. The van der Waals surface area contributed by atoms with E-state index in [9.17, 15) is 0 Å². The highest BCUT2D eigenvalue weighted by atomic mass is 15.3. The van der Waals surface area contributed by atoms with Gasteiger partial charge in [-0.3, -0.25) is 9.36 Å². The third kappa shape index (κ3) is 3.53. The highest BCUT2D eigenvalue weighted by Gasteiger charge is 2.17. The zero-order valence-electron chi connectivity index (χ0n) is 12.8. The zero-order chi connectivity index (χ0) is 14.5. The van der Waals surface area contributed by atoms with Crippen molar-refractivity contribution in [3.63, 3.8) is 0 Å². The molecule has 0 spiro atoms. The van der Waals surface area contributed by atoms with E-state index in [-0.39, 0.29) is 0 Å². The minimum atomic E-state index is 0.629. The molecule has 2 aromatic rings. The first-order valence-electron chi connectivity index (χ1n) is 8.11. The van der Waals surface area contributed by atoms with E-state index >= 15 is 0 Å². The van der Waals surface area contributed by atoms with E-state index in [1.54, 1.807) is 0 Å². The number of aromatic nitrogens is 4. The predicted octanol–water partition coefficient (Wildman–Crippen LogP) is 2.89. The molecule has 1 aliphatic rings. The molecule has 21 heavy (non-hydrogen) atoms. The number of hydrogen-bond donors (Lipinski definition) is 1. The van der Waals surface area contributed by atoms with E-state index in [4.69, 9.17) is 0 Å². The molecule has 1 aliphatic carbocycles. The molecule has 0 aromatic carbocycles. The summed E-state index contributed by atoms with van der Waals surface area (Å²) in [5.41, 5.74) is 2.52. The van der Waals surface area contributed by atoms with Crippen molar-refractivity contribution in [2.45, 2.75) is 64.7 Å². The molecular weight excluding hydrogens is 262 g/mol. The van der Waals surface area contributed by atoms with E-state index in [0.717, 1.165) is 26.1 Å². The second kappa shape index (κ2) is 6.89. The van der Waals surface area contributed by atoms with Gasteiger partial charge in [-0.05, 0) is 25.3 Å². The summed E-state index contributed by atoms with van der Waals surface area (Å²) in [6.45, 7) is 4.89. The Morgan fingerprint density at radius 1 is 1.24 bits per heavy atom. The van der Waals surface area contributed by atoms with E-state index in [1.165, 1.54) is 36.9 Å². The maximum absolute atomic E-state index is 4.52. The van der Waals surface area contributed by atoms with Crippen molar-refractivity contribution < 1.29 is 0 Å². The second-order valence-corrected chi connectivity index (χ2v) is 5.92.